The van der Waals surface area contributed by atoms with E-state index in [1.807, 2.05) is 29.8 Å². The lowest BCUT2D eigenvalue weighted by molar-refractivity contribution is 0.335. The average Bonchev–Trinajstić information content (AvgIpc) is 2.87. The molecule has 0 fully saturated rings. The van der Waals surface area contributed by atoms with Gasteiger partial charge in [0.15, 0.2) is 0 Å². The van der Waals surface area contributed by atoms with Crippen molar-refractivity contribution in [2.75, 3.05) is 20.6 Å². The fraction of sp³-hybridized carbons (Fsp3) is 0.400. The molecule has 1 aromatic carbocycles. The average molecular weight is 338 g/mol. The van der Waals surface area contributed by atoms with E-state index in [1.165, 1.54) is 22.5 Å². The Morgan fingerprint density at radius 3 is 2.78 bits per heavy atom. The van der Waals surface area contributed by atoms with Gasteiger partial charge in [0.25, 0.3) is 0 Å². The van der Waals surface area contributed by atoms with Crippen molar-refractivity contribution in [1.82, 2.24) is 18.8 Å². The molecule has 0 atom stereocenters. The minimum atomic E-state index is -3.71. The van der Waals surface area contributed by atoms with Crippen molar-refractivity contribution >= 4 is 10.0 Å². The van der Waals surface area contributed by atoms with Gasteiger partial charge in [-0.25, -0.2) is 17.8 Å². The Bertz CT molecular complexity index is 817. The fourth-order valence-electron chi connectivity index (χ4n) is 2.67. The Labute approximate surface area is 135 Å². The number of sulfonamides is 1. The highest BCUT2D eigenvalue weighted by Crippen LogP contribution is 2.22. The summed E-state index contributed by atoms with van der Waals surface area (Å²) in [6, 6.07) is 5.10. The lowest BCUT2D eigenvalue weighted by Crippen LogP contribution is -2.38. The van der Waals surface area contributed by atoms with Crippen LogP contribution in [0.25, 0.3) is 0 Å². The number of halogens is 1. The SMILES string of the molecule is CN(C)Cc1cn2c(n1)CN(S(=O)(=O)c1cccc(F)c1)CC2. The standard InChI is InChI=1S/C15H19FN4O2S/c1-18(2)9-13-10-19-6-7-20(11-15(19)17-13)23(21,22)14-5-3-4-12(16)8-14/h3-5,8,10H,6-7,9,11H2,1-2H3. The number of benzene rings is 1. The van der Waals surface area contributed by atoms with Crippen LogP contribution in [0, 0.1) is 5.82 Å². The molecule has 0 aliphatic carbocycles. The van der Waals surface area contributed by atoms with Crippen LogP contribution in [0.15, 0.2) is 35.4 Å². The van der Waals surface area contributed by atoms with E-state index in [0.29, 0.717) is 25.5 Å². The largest absolute Gasteiger partial charge is 0.332 e. The first-order valence-corrected chi connectivity index (χ1v) is 8.75. The zero-order chi connectivity index (χ0) is 16.6. The predicted octanol–water partition coefficient (Wildman–Crippen LogP) is 1.29. The highest BCUT2D eigenvalue weighted by molar-refractivity contribution is 7.89. The molecule has 0 N–H and O–H groups in total. The zero-order valence-corrected chi connectivity index (χ0v) is 13.9. The van der Waals surface area contributed by atoms with Crippen molar-refractivity contribution in [3.63, 3.8) is 0 Å². The van der Waals surface area contributed by atoms with Crippen molar-refractivity contribution in [3.8, 4) is 0 Å². The van der Waals surface area contributed by atoms with Crippen molar-refractivity contribution in [1.29, 1.82) is 0 Å². The summed E-state index contributed by atoms with van der Waals surface area (Å²) >= 11 is 0. The van der Waals surface area contributed by atoms with Gasteiger partial charge in [-0.15, -0.1) is 0 Å². The summed E-state index contributed by atoms with van der Waals surface area (Å²) in [5.74, 6) is 0.158. The van der Waals surface area contributed by atoms with E-state index in [-0.39, 0.29) is 11.4 Å². The van der Waals surface area contributed by atoms with Crippen LogP contribution in [0.3, 0.4) is 0 Å². The molecule has 2 aromatic rings. The van der Waals surface area contributed by atoms with Crippen LogP contribution in [-0.2, 0) is 29.7 Å². The first kappa shape index (κ1) is 16.1. The van der Waals surface area contributed by atoms with Gasteiger partial charge in [0.2, 0.25) is 10.0 Å². The monoisotopic (exact) mass is 338 g/mol. The highest BCUT2D eigenvalue weighted by atomic mass is 32.2. The van der Waals surface area contributed by atoms with Gasteiger partial charge in [0.1, 0.15) is 11.6 Å². The second kappa shape index (κ2) is 6.03. The molecular weight excluding hydrogens is 319 g/mol. The van der Waals surface area contributed by atoms with Crippen molar-refractivity contribution in [2.24, 2.45) is 0 Å². The maximum atomic E-state index is 13.3. The van der Waals surface area contributed by atoms with Crippen LogP contribution >= 0.6 is 0 Å². The second-order valence-electron chi connectivity index (χ2n) is 5.88. The molecule has 3 rings (SSSR count). The van der Waals surface area contributed by atoms with Gasteiger partial charge in [-0.2, -0.15) is 4.31 Å². The topological polar surface area (TPSA) is 58.4 Å². The second-order valence-corrected chi connectivity index (χ2v) is 7.81. The van der Waals surface area contributed by atoms with Gasteiger partial charge in [-0.1, -0.05) is 6.07 Å². The molecule has 0 bridgehead atoms. The summed E-state index contributed by atoms with van der Waals surface area (Å²) in [7, 11) is 0.203. The smallest absolute Gasteiger partial charge is 0.243 e. The van der Waals surface area contributed by atoms with Gasteiger partial charge in [-0.05, 0) is 32.3 Å². The molecular formula is C15H19FN4O2S. The van der Waals surface area contributed by atoms with Crippen molar-refractivity contribution in [3.05, 3.63) is 47.8 Å². The molecule has 1 aliphatic rings. The molecule has 23 heavy (non-hydrogen) atoms. The van der Waals surface area contributed by atoms with E-state index in [1.54, 1.807) is 0 Å². The van der Waals surface area contributed by atoms with Crippen LogP contribution in [0.5, 0.6) is 0 Å². The van der Waals surface area contributed by atoms with Crippen LogP contribution in [0.1, 0.15) is 11.5 Å². The quantitative estimate of drug-likeness (QED) is 0.843. The summed E-state index contributed by atoms with van der Waals surface area (Å²) in [5, 5.41) is 0. The highest BCUT2D eigenvalue weighted by Gasteiger charge is 2.29. The molecule has 0 radical (unpaired) electrons. The summed E-state index contributed by atoms with van der Waals surface area (Å²) in [4.78, 5) is 6.49. The van der Waals surface area contributed by atoms with Gasteiger partial charge in [-0.3, -0.25) is 0 Å². The first-order chi connectivity index (χ1) is 10.9. The van der Waals surface area contributed by atoms with Crippen LogP contribution < -0.4 is 0 Å². The Morgan fingerprint density at radius 2 is 2.09 bits per heavy atom. The van der Waals surface area contributed by atoms with E-state index in [0.717, 1.165) is 11.8 Å². The third kappa shape index (κ3) is 3.29. The molecule has 0 amide bonds. The van der Waals surface area contributed by atoms with Gasteiger partial charge >= 0.3 is 0 Å². The first-order valence-electron chi connectivity index (χ1n) is 7.31. The van der Waals surface area contributed by atoms with E-state index in [4.69, 9.17) is 0 Å². The van der Waals surface area contributed by atoms with Crippen molar-refractivity contribution in [2.45, 2.75) is 24.5 Å². The van der Waals surface area contributed by atoms with Gasteiger partial charge in [0.05, 0.1) is 17.1 Å². The Kier molecular flexibility index (Phi) is 4.22. The third-order valence-corrected chi connectivity index (χ3v) is 5.57. The molecule has 2 heterocycles. The summed E-state index contributed by atoms with van der Waals surface area (Å²) in [6.45, 7) is 1.80. The maximum Gasteiger partial charge on any atom is 0.243 e. The Morgan fingerprint density at radius 1 is 1.30 bits per heavy atom. The number of hydrogen-bond donors (Lipinski definition) is 0. The van der Waals surface area contributed by atoms with Crippen LogP contribution in [-0.4, -0.2) is 47.8 Å². The molecule has 0 unspecified atom stereocenters. The fourth-order valence-corrected chi connectivity index (χ4v) is 4.09. The van der Waals surface area contributed by atoms with Crippen molar-refractivity contribution < 1.29 is 12.8 Å². The van der Waals surface area contributed by atoms with E-state index in [2.05, 4.69) is 4.98 Å². The summed E-state index contributed by atoms with van der Waals surface area (Å²) in [5.41, 5.74) is 0.912. The summed E-state index contributed by atoms with van der Waals surface area (Å²) < 4.78 is 42.0. The minimum absolute atomic E-state index is 0.0222. The molecule has 1 aliphatic heterocycles. The van der Waals surface area contributed by atoms with Gasteiger partial charge in [0, 0.05) is 25.8 Å². The number of rotatable bonds is 4. The Hall–Kier alpha value is -1.77. The van der Waals surface area contributed by atoms with E-state index >= 15 is 0 Å². The normalized spacial score (nSPS) is 15.8. The van der Waals surface area contributed by atoms with E-state index < -0.39 is 15.8 Å². The number of nitrogens with zero attached hydrogens (tertiary/aromatic N) is 4. The zero-order valence-electron chi connectivity index (χ0n) is 13.1. The number of hydrogen-bond acceptors (Lipinski definition) is 4. The molecule has 0 saturated carbocycles. The molecule has 8 heteroatoms. The number of aromatic nitrogens is 2. The minimum Gasteiger partial charge on any atom is -0.332 e. The molecule has 0 spiro atoms. The van der Waals surface area contributed by atoms with Gasteiger partial charge < -0.3 is 9.47 Å². The number of fused-ring (bicyclic) bond motifs is 1. The van der Waals surface area contributed by atoms with Crippen LogP contribution in [0.2, 0.25) is 0 Å². The molecule has 1 aromatic heterocycles. The molecule has 124 valence electrons. The number of imidazole rings is 1. The van der Waals surface area contributed by atoms with Crippen LogP contribution in [0.4, 0.5) is 4.39 Å². The van der Waals surface area contributed by atoms with E-state index in [9.17, 15) is 12.8 Å². The lowest BCUT2D eigenvalue weighted by atomic mass is 10.4. The lowest BCUT2D eigenvalue weighted by Gasteiger charge is -2.26. The summed E-state index contributed by atoms with van der Waals surface area (Å²) in [6.07, 6.45) is 1.96. The molecule has 6 nitrogen and oxygen atoms in total. The molecule has 0 saturated heterocycles. The Balaban J connectivity index is 1.85. The predicted molar refractivity (Wildman–Crippen MR) is 83.6 cm³/mol. The maximum absolute atomic E-state index is 13.3. The third-order valence-electron chi connectivity index (χ3n) is 3.73.